The average molecular weight is 262 g/mol. The lowest BCUT2D eigenvalue weighted by Crippen LogP contribution is -2.35. The van der Waals surface area contributed by atoms with Gasteiger partial charge in [0.25, 0.3) is 0 Å². The van der Waals surface area contributed by atoms with Crippen LogP contribution in [0, 0.1) is 12.8 Å². The lowest BCUT2D eigenvalue weighted by atomic mass is 10.0. The van der Waals surface area contributed by atoms with Gasteiger partial charge < -0.3 is 10.2 Å². The molecule has 2 atom stereocenters. The number of rotatable bonds is 4. The van der Waals surface area contributed by atoms with Crippen LogP contribution in [0.1, 0.15) is 45.7 Å². The molecule has 1 aromatic rings. The summed E-state index contributed by atoms with van der Waals surface area (Å²) in [5.74, 6) is 2.60. The Hall–Kier alpha value is -1.32. The van der Waals surface area contributed by atoms with Crippen LogP contribution in [0.5, 0.6) is 0 Å². The van der Waals surface area contributed by atoms with Gasteiger partial charge in [0.2, 0.25) is 5.95 Å². The maximum absolute atomic E-state index is 4.68. The minimum Gasteiger partial charge on any atom is -0.356 e. The van der Waals surface area contributed by atoms with E-state index in [4.69, 9.17) is 0 Å². The second-order valence-corrected chi connectivity index (χ2v) is 5.84. The standard InChI is InChI=1S/C15H26N4/c1-5-12(3)16-15-17-13(4)9-14(18-15)19-8-6-7-11(2)10-19/h9,11-12H,5-8,10H2,1-4H3,(H,16,17,18). The van der Waals surface area contributed by atoms with E-state index < -0.39 is 0 Å². The number of anilines is 2. The van der Waals surface area contributed by atoms with Crippen LogP contribution in [0.2, 0.25) is 0 Å². The van der Waals surface area contributed by atoms with Crippen LogP contribution in [0.25, 0.3) is 0 Å². The maximum atomic E-state index is 4.68. The molecule has 4 heteroatoms. The molecule has 19 heavy (non-hydrogen) atoms. The maximum Gasteiger partial charge on any atom is 0.225 e. The average Bonchev–Trinajstić information content (AvgIpc) is 2.38. The number of hydrogen-bond acceptors (Lipinski definition) is 4. The zero-order valence-corrected chi connectivity index (χ0v) is 12.6. The highest BCUT2D eigenvalue weighted by atomic mass is 15.2. The first-order valence-corrected chi connectivity index (χ1v) is 7.45. The van der Waals surface area contributed by atoms with E-state index in [1.807, 2.05) is 6.92 Å². The summed E-state index contributed by atoms with van der Waals surface area (Å²) in [5, 5.41) is 3.37. The van der Waals surface area contributed by atoms with Crippen LogP contribution >= 0.6 is 0 Å². The van der Waals surface area contributed by atoms with E-state index >= 15 is 0 Å². The third-order valence-corrected chi connectivity index (χ3v) is 3.81. The Morgan fingerprint density at radius 3 is 2.95 bits per heavy atom. The Bertz CT molecular complexity index is 419. The van der Waals surface area contributed by atoms with Crippen molar-refractivity contribution in [2.24, 2.45) is 5.92 Å². The molecule has 0 saturated carbocycles. The van der Waals surface area contributed by atoms with E-state index in [2.05, 4.69) is 47.0 Å². The molecule has 1 aromatic heterocycles. The van der Waals surface area contributed by atoms with Crippen molar-refractivity contribution >= 4 is 11.8 Å². The Morgan fingerprint density at radius 2 is 2.26 bits per heavy atom. The first kappa shape index (κ1) is 14.1. The lowest BCUT2D eigenvalue weighted by Gasteiger charge is -2.32. The first-order valence-electron chi connectivity index (χ1n) is 7.45. The second kappa shape index (κ2) is 6.22. The van der Waals surface area contributed by atoms with E-state index in [0.717, 1.165) is 42.9 Å². The fourth-order valence-corrected chi connectivity index (χ4v) is 2.50. The molecular weight excluding hydrogens is 236 g/mol. The van der Waals surface area contributed by atoms with E-state index in [1.165, 1.54) is 12.8 Å². The van der Waals surface area contributed by atoms with Crippen LogP contribution in [-0.2, 0) is 0 Å². The molecule has 1 aliphatic heterocycles. The predicted octanol–water partition coefficient (Wildman–Crippen LogP) is 3.23. The highest BCUT2D eigenvalue weighted by molar-refractivity contribution is 5.45. The molecule has 106 valence electrons. The molecule has 0 radical (unpaired) electrons. The normalized spacial score (nSPS) is 21.3. The predicted molar refractivity (Wildman–Crippen MR) is 80.8 cm³/mol. The van der Waals surface area contributed by atoms with Gasteiger partial charge in [0.05, 0.1) is 0 Å². The van der Waals surface area contributed by atoms with Gasteiger partial charge in [-0.25, -0.2) is 4.98 Å². The molecule has 1 fully saturated rings. The number of nitrogens with zero attached hydrogens (tertiary/aromatic N) is 3. The number of aromatic nitrogens is 2. The first-order chi connectivity index (χ1) is 9.08. The summed E-state index contributed by atoms with van der Waals surface area (Å²) in [5.41, 5.74) is 1.04. The molecule has 2 rings (SSSR count). The molecule has 1 N–H and O–H groups in total. The van der Waals surface area contributed by atoms with Gasteiger partial charge in [-0.2, -0.15) is 4.98 Å². The van der Waals surface area contributed by atoms with Crippen molar-refractivity contribution in [3.05, 3.63) is 11.8 Å². The highest BCUT2D eigenvalue weighted by Crippen LogP contribution is 2.22. The van der Waals surface area contributed by atoms with Crippen LogP contribution in [-0.4, -0.2) is 29.1 Å². The number of aryl methyl sites for hydroxylation is 1. The minimum absolute atomic E-state index is 0.412. The van der Waals surface area contributed by atoms with Gasteiger partial charge in [-0.1, -0.05) is 13.8 Å². The number of nitrogens with one attached hydrogen (secondary N) is 1. The Balaban J connectivity index is 2.16. The smallest absolute Gasteiger partial charge is 0.225 e. The highest BCUT2D eigenvalue weighted by Gasteiger charge is 2.18. The summed E-state index contributed by atoms with van der Waals surface area (Å²) < 4.78 is 0. The monoisotopic (exact) mass is 262 g/mol. The SMILES string of the molecule is CCC(C)Nc1nc(C)cc(N2CCCC(C)C2)n1. The van der Waals surface area contributed by atoms with Crippen LogP contribution in [0.3, 0.4) is 0 Å². The van der Waals surface area contributed by atoms with Crippen molar-refractivity contribution in [3.63, 3.8) is 0 Å². The quantitative estimate of drug-likeness (QED) is 0.904. The van der Waals surface area contributed by atoms with Crippen LogP contribution in [0.4, 0.5) is 11.8 Å². The number of piperidine rings is 1. The Morgan fingerprint density at radius 1 is 1.47 bits per heavy atom. The molecule has 2 heterocycles. The second-order valence-electron chi connectivity index (χ2n) is 5.84. The third-order valence-electron chi connectivity index (χ3n) is 3.81. The summed E-state index contributed by atoms with van der Waals surface area (Å²) in [6, 6.07) is 2.51. The molecule has 4 nitrogen and oxygen atoms in total. The Kier molecular flexibility index (Phi) is 4.61. The molecule has 0 spiro atoms. The molecular formula is C15H26N4. The van der Waals surface area contributed by atoms with Crippen LogP contribution < -0.4 is 10.2 Å². The zero-order valence-electron chi connectivity index (χ0n) is 12.6. The lowest BCUT2D eigenvalue weighted by molar-refractivity contribution is 0.444. The summed E-state index contributed by atoms with van der Waals surface area (Å²) in [7, 11) is 0. The van der Waals surface area contributed by atoms with Crippen LogP contribution in [0.15, 0.2) is 6.07 Å². The summed E-state index contributed by atoms with van der Waals surface area (Å²) in [4.78, 5) is 11.6. The van der Waals surface area contributed by atoms with Gasteiger partial charge in [0.15, 0.2) is 0 Å². The molecule has 0 amide bonds. The molecule has 1 saturated heterocycles. The summed E-state index contributed by atoms with van der Waals surface area (Å²) in [6.45, 7) is 10.9. The van der Waals surface area contributed by atoms with E-state index in [1.54, 1.807) is 0 Å². The fourth-order valence-electron chi connectivity index (χ4n) is 2.50. The fraction of sp³-hybridized carbons (Fsp3) is 0.733. The molecule has 0 aromatic carbocycles. The summed E-state index contributed by atoms with van der Waals surface area (Å²) >= 11 is 0. The largest absolute Gasteiger partial charge is 0.356 e. The molecule has 0 aliphatic carbocycles. The molecule has 2 unspecified atom stereocenters. The van der Waals surface area contributed by atoms with E-state index in [-0.39, 0.29) is 0 Å². The third kappa shape index (κ3) is 3.82. The zero-order chi connectivity index (χ0) is 13.8. The molecule has 0 bridgehead atoms. The van der Waals surface area contributed by atoms with Gasteiger partial charge in [-0.15, -0.1) is 0 Å². The van der Waals surface area contributed by atoms with Gasteiger partial charge in [-0.05, 0) is 39.0 Å². The number of hydrogen-bond donors (Lipinski definition) is 1. The van der Waals surface area contributed by atoms with Crippen molar-refractivity contribution in [1.29, 1.82) is 0 Å². The van der Waals surface area contributed by atoms with E-state index in [0.29, 0.717) is 6.04 Å². The van der Waals surface area contributed by atoms with Crippen molar-refractivity contribution in [2.45, 2.75) is 53.0 Å². The van der Waals surface area contributed by atoms with Gasteiger partial charge in [0, 0.05) is 30.9 Å². The van der Waals surface area contributed by atoms with E-state index in [9.17, 15) is 0 Å². The van der Waals surface area contributed by atoms with Gasteiger partial charge in [0.1, 0.15) is 5.82 Å². The molecule has 1 aliphatic rings. The van der Waals surface area contributed by atoms with Crippen molar-refractivity contribution < 1.29 is 0 Å². The van der Waals surface area contributed by atoms with Gasteiger partial charge >= 0.3 is 0 Å². The van der Waals surface area contributed by atoms with Gasteiger partial charge in [-0.3, -0.25) is 0 Å². The minimum atomic E-state index is 0.412. The van der Waals surface area contributed by atoms with Crippen molar-refractivity contribution in [2.75, 3.05) is 23.3 Å². The van der Waals surface area contributed by atoms with Crippen molar-refractivity contribution in [1.82, 2.24) is 9.97 Å². The Labute approximate surface area is 116 Å². The van der Waals surface area contributed by atoms with Crippen molar-refractivity contribution in [3.8, 4) is 0 Å². The topological polar surface area (TPSA) is 41.1 Å². The summed E-state index contributed by atoms with van der Waals surface area (Å²) in [6.07, 6.45) is 3.67.